The Balaban J connectivity index is 1.73. The summed E-state index contributed by atoms with van der Waals surface area (Å²) < 4.78 is 45.9. The van der Waals surface area contributed by atoms with Gasteiger partial charge in [0.15, 0.2) is 6.61 Å². The summed E-state index contributed by atoms with van der Waals surface area (Å²) in [6, 6.07) is 5.54. The maximum Gasteiger partial charge on any atom is 0.422 e. The van der Waals surface area contributed by atoms with Crippen LogP contribution in [0, 0.1) is 0 Å². The van der Waals surface area contributed by atoms with Crippen molar-refractivity contribution in [3.05, 3.63) is 24.3 Å². The van der Waals surface area contributed by atoms with Crippen molar-refractivity contribution in [2.75, 3.05) is 38.2 Å². The van der Waals surface area contributed by atoms with Crippen LogP contribution in [0.4, 0.5) is 18.9 Å². The summed E-state index contributed by atoms with van der Waals surface area (Å²) in [5.41, 5.74) is 0.420. The quantitative estimate of drug-likeness (QED) is 0.845. The maximum absolute atomic E-state index is 12.1. The lowest BCUT2D eigenvalue weighted by Gasteiger charge is -2.26. The van der Waals surface area contributed by atoms with E-state index in [1.54, 1.807) is 4.90 Å². The van der Waals surface area contributed by atoms with E-state index in [0.29, 0.717) is 32.0 Å². The molecule has 138 valence electrons. The fourth-order valence-corrected chi connectivity index (χ4v) is 2.21. The molecule has 1 aliphatic rings. The van der Waals surface area contributed by atoms with Crippen LogP contribution in [0.15, 0.2) is 24.3 Å². The first-order valence-corrected chi connectivity index (χ1v) is 7.78. The molecule has 9 heteroatoms. The van der Waals surface area contributed by atoms with Gasteiger partial charge in [0.05, 0.1) is 13.2 Å². The minimum Gasteiger partial charge on any atom is -0.484 e. The monoisotopic (exact) mass is 360 g/mol. The minimum absolute atomic E-state index is 0.0303. The van der Waals surface area contributed by atoms with E-state index >= 15 is 0 Å². The molecule has 2 rings (SSSR count). The largest absolute Gasteiger partial charge is 0.484 e. The number of alkyl halides is 3. The molecule has 0 aromatic heterocycles. The molecule has 1 aromatic carbocycles. The van der Waals surface area contributed by atoms with Gasteiger partial charge in [0, 0.05) is 31.6 Å². The summed E-state index contributed by atoms with van der Waals surface area (Å²) in [4.78, 5) is 25.4. The molecule has 0 bridgehead atoms. The van der Waals surface area contributed by atoms with Crippen molar-refractivity contribution in [2.45, 2.75) is 19.0 Å². The highest BCUT2D eigenvalue weighted by Crippen LogP contribution is 2.20. The highest BCUT2D eigenvalue weighted by atomic mass is 19.4. The Labute approximate surface area is 142 Å². The predicted molar refractivity (Wildman–Crippen MR) is 83.3 cm³/mol. The standard InChI is InChI=1S/C16H19F3N2O4/c17-16(18,19)11-25-13-3-1-12(2-4-13)20-14(22)5-6-15(23)21-7-9-24-10-8-21/h1-4H,5-11H2,(H,20,22). The summed E-state index contributed by atoms with van der Waals surface area (Å²) >= 11 is 0. The molecule has 1 aliphatic heterocycles. The molecule has 1 fully saturated rings. The smallest absolute Gasteiger partial charge is 0.422 e. The second-order valence-electron chi connectivity index (χ2n) is 5.47. The van der Waals surface area contributed by atoms with Crippen molar-refractivity contribution in [1.82, 2.24) is 4.90 Å². The molecule has 1 saturated heterocycles. The lowest BCUT2D eigenvalue weighted by molar-refractivity contribution is -0.153. The number of ether oxygens (including phenoxy) is 2. The summed E-state index contributed by atoms with van der Waals surface area (Å²) in [5, 5.41) is 2.59. The number of carbonyl (C=O) groups excluding carboxylic acids is 2. The Kier molecular flexibility index (Phi) is 6.63. The molecule has 25 heavy (non-hydrogen) atoms. The van der Waals surface area contributed by atoms with E-state index in [1.165, 1.54) is 24.3 Å². The van der Waals surface area contributed by atoms with Crippen molar-refractivity contribution in [3.63, 3.8) is 0 Å². The van der Waals surface area contributed by atoms with Crippen LogP contribution in [0.5, 0.6) is 5.75 Å². The van der Waals surface area contributed by atoms with Crippen molar-refractivity contribution in [1.29, 1.82) is 0 Å². The molecular weight excluding hydrogens is 341 g/mol. The molecule has 0 aliphatic carbocycles. The normalized spacial score (nSPS) is 14.9. The first-order valence-electron chi connectivity index (χ1n) is 7.78. The zero-order valence-electron chi connectivity index (χ0n) is 13.5. The Morgan fingerprint density at radius 3 is 2.36 bits per heavy atom. The molecule has 0 atom stereocenters. The molecule has 0 radical (unpaired) electrons. The SMILES string of the molecule is O=C(CCC(=O)N1CCOCC1)Nc1ccc(OCC(F)(F)F)cc1. The van der Waals surface area contributed by atoms with Crippen LogP contribution in [0.1, 0.15) is 12.8 Å². The van der Waals surface area contributed by atoms with Gasteiger partial charge in [0.2, 0.25) is 11.8 Å². The molecule has 6 nitrogen and oxygen atoms in total. The number of nitrogens with one attached hydrogen (secondary N) is 1. The number of hydrogen-bond acceptors (Lipinski definition) is 4. The zero-order valence-corrected chi connectivity index (χ0v) is 13.5. The highest BCUT2D eigenvalue weighted by molar-refractivity contribution is 5.93. The van der Waals surface area contributed by atoms with Gasteiger partial charge >= 0.3 is 6.18 Å². The average molecular weight is 360 g/mol. The first kappa shape index (κ1) is 19.0. The molecular formula is C16H19F3N2O4. The van der Waals surface area contributed by atoms with Gasteiger partial charge in [-0.1, -0.05) is 0 Å². The van der Waals surface area contributed by atoms with Crippen LogP contribution in [-0.4, -0.2) is 55.8 Å². The number of halogens is 3. The van der Waals surface area contributed by atoms with Gasteiger partial charge in [0.25, 0.3) is 0 Å². The van der Waals surface area contributed by atoms with Gasteiger partial charge in [-0.25, -0.2) is 0 Å². The summed E-state index contributed by atoms with van der Waals surface area (Å²) in [5.74, 6) is -0.391. The third-order valence-electron chi connectivity index (χ3n) is 3.47. The van der Waals surface area contributed by atoms with Gasteiger partial charge in [-0.15, -0.1) is 0 Å². The topological polar surface area (TPSA) is 67.9 Å². The molecule has 1 aromatic rings. The fourth-order valence-electron chi connectivity index (χ4n) is 2.21. The second kappa shape index (κ2) is 8.70. The first-order chi connectivity index (χ1) is 11.8. The molecule has 0 spiro atoms. The second-order valence-corrected chi connectivity index (χ2v) is 5.47. The van der Waals surface area contributed by atoms with E-state index in [4.69, 9.17) is 4.74 Å². The number of rotatable bonds is 6. The van der Waals surface area contributed by atoms with Crippen LogP contribution >= 0.6 is 0 Å². The van der Waals surface area contributed by atoms with Gasteiger partial charge < -0.3 is 19.7 Å². The summed E-state index contributed by atoms with van der Waals surface area (Å²) in [6.07, 6.45) is -4.28. The van der Waals surface area contributed by atoms with Crippen molar-refractivity contribution >= 4 is 17.5 Å². The van der Waals surface area contributed by atoms with Crippen molar-refractivity contribution < 1.29 is 32.2 Å². The van der Waals surface area contributed by atoms with E-state index in [9.17, 15) is 22.8 Å². The molecule has 1 N–H and O–H groups in total. The number of hydrogen-bond donors (Lipinski definition) is 1. The Morgan fingerprint density at radius 2 is 1.76 bits per heavy atom. The van der Waals surface area contributed by atoms with Crippen LogP contribution < -0.4 is 10.1 Å². The lowest BCUT2D eigenvalue weighted by atomic mass is 10.2. The maximum atomic E-state index is 12.1. The van der Waals surface area contributed by atoms with E-state index in [-0.39, 0.29) is 30.4 Å². The third-order valence-corrected chi connectivity index (χ3v) is 3.47. The van der Waals surface area contributed by atoms with Gasteiger partial charge in [0.1, 0.15) is 5.75 Å². The number of morpholine rings is 1. The fraction of sp³-hybridized carbons (Fsp3) is 0.500. The summed E-state index contributed by atoms with van der Waals surface area (Å²) in [7, 11) is 0. The molecule has 2 amide bonds. The van der Waals surface area contributed by atoms with E-state index in [2.05, 4.69) is 10.1 Å². The van der Waals surface area contributed by atoms with Crippen LogP contribution in [-0.2, 0) is 14.3 Å². The zero-order chi connectivity index (χ0) is 18.3. The number of anilines is 1. The van der Waals surface area contributed by atoms with Gasteiger partial charge in [-0.05, 0) is 24.3 Å². The predicted octanol–water partition coefficient (Wildman–Crippen LogP) is 2.21. The van der Waals surface area contributed by atoms with E-state index in [0.717, 1.165) is 0 Å². The Morgan fingerprint density at radius 1 is 1.12 bits per heavy atom. The minimum atomic E-state index is -4.40. The highest BCUT2D eigenvalue weighted by Gasteiger charge is 2.28. The molecule has 0 unspecified atom stereocenters. The molecule has 0 saturated carbocycles. The Hall–Kier alpha value is -2.29. The summed E-state index contributed by atoms with van der Waals surface area (Å²) in [6.45, 7) is 0.684. The van der Waals surface area contributed by atoms with E-state index < -0.39 is 12.8 Å². The lowest BCUT2D eigenvalue weighted by Crippen LogP contribution is -2.40. The number of carbonyl (C=O) groups is 2. The molecule has 1 heterocycles. The average Bonchev–Trinajstić information content (AvgIpc) is 2.59. The number of benzene rings is 1. The third kappa shape index (κ3) is 7.00. The van der Waals surface area contributed by atoms with Crippen LogP contribution in [0.3, 0.4) is 0 Å². The number of nitrogens with zero attached hydrogens (tertiary/aromatic N) is 1. The van der Waals surface area contributed by atoms with Crippen molar-refractivity contribution in [2.24, 2.45) is 0 Å². The number of amides is 2. The van der Waals surface area contributed by atoms with Gasteiger partial charge in [-0.2, -0.15) is 13.2 Å². The van der Waals surface area contributed by atoms with Crippen LogP contribution in [0.25, 0.3) is 0 Å². The van der Waals surface area contributed by atoms with Crippen LogP contribution in [0.2, 0.25) is 0 Å². The van der Waals surface area contributed by atoms with Crippen molar-refractivity contribution in [3.8, 4) is 5.75 Å². The van der Waals surface area contributed by atoms with Gasteiger partial charge in [-0.3, -0.25) is 9.59 Å². The Bertz CT molecular complexity index is 584. The van der Waals surface area contributed by atoms with E-state index in [1.807, 2.05) is 0 Å².